The van der Waals surface area contributed by atoms with E-state index < -0.39 is 0 Å². The molecule has 0 atom stereocenters. The fourth-order valence-electron chi connectivity index (χ4n) is 2.19. The highest BCUT2D eigenvalue weighted by Gasteiger charge is 2.23. The molecule has 0 aliphatic carbocycles. The first-order valence-electron chi connectivity index (χ1n) is 5.90. The first kappa shape index (κ1) is 11.2. The maximum absolute atomic E-state index is 5.61. The minimum atomic E-state index is 0.362. The molecule has 0 spiro atoms. The monoisotopic (exact) mass is 220 g/mol. The van der Waals surface area contributed by atoms with Gasteiger partial charge in [0.05, 0.1) is 0 Å². The van der Waals surface area contributed by atoms with Crippen LogP contribution in [0.5, 0.6) is 0 Å². The molecule has 0 radical (unpaired) electrons. The number of anilines is 2. The highest BCUT2D eigenvalue weighted by Crippen LogP contribution is 2.31. The van der Waals surface area contributed by atoms with E-state index in [4.69, 9.17) is 5.73 Å². The largest absolute Gasteiger partial charge is 0.368 e. The summed E-state index contributed by atoms with van der Waals surface area (Å²) in [7, 11) is 0. The fourth-order valence-corrected chi connectivity index (χ4v) is 2.19. The number of nitrogens with two attached hydrogens (primary N) is 1. The van der Waals surface area contributed by atoms with Gasteiger partial charge in [-0.3, -0.25) is 0 Å². The molecule has 0 amide bonds. The summed E-state index contributed by atoms with van der Waals surface area (Å²) in [5.41, 5.74) is 6.06. The molecule has 1 fully saturated rings. The Morgan fingerprint density at radius 2 is 2.12 bits per heavy atom. The van der Waals surface area contributed by atoms with Gasteiger partial charge < -0.3 is 10.6 Å². The molecule has 0 aromatic carbocycles. The smallest absolute Gasteiger partial charge is 0.221 e. The van der Waals surface area contributed by atoms with Gasteiger partial charge in [0.2, 0.25) is 5.95 Å². The van der Waals surface area contributed by atoms with E-state index in [0.717, 1.165) is 18.9 Å². The summed E-state index contributed by atoms with van der Waals surface area (Å²) in [5.74, 6) is 1.33. The summed E-state index contributed by atoms with van der Waals surface area (Å²) in [6.07, 6.45) is 5.44. The maximum atomic E-state index is 5.61. The number of rotatable bonds is 1. The zero-order valence-corrected chi connectivity index (χ0v) is 10.1. The highest BCUT2D eigenvalue weighted by atomic mass is 15.2. The van der Waals surface area contributed by atoms with Crippen LogP contribution in [0.15, 0.2) is 12.3 Å². The predicted molar refractivity (Wildman–Crippen MR) is 66.3 cm³/mol. The second-order valence-electron chi connectivity index (χ2n) is 5.28. The van der Waals surface area contributed by atoms with Crippen molar-refractivity contribution in [3.05, 3.63) is 12.3 Å². The van der Waals surface area contributed by atoms with Gasteiger partial charge in [-0.15, -0.1) is 0 Å². The fraction of sp³-hybridized carbons (Fsp3) is 0.667. The van der Waals surface area contributed by atoms with Crippen LogP contribution in [0.3, 0.4) is 0 Å². The molecular formula is C12H20N4. The van der Waals surface area contributed by atoms with E-state index in [2.05, 4.69) is 28.7 Å². The molecule has 2 N–H and O–H groups in total. The molecule has 1 saturated heterocycles. The van der Waals surface area contributed by atoms with Crippen LogP contribution in [0, 0.1) is 5.41 Å². The summed E-state index contributed by atoms with van der Waals surface area (Å²) in [6, 6.07) is 1.94. The van der Waals surface area contributed by atoms with Gasteiger partial charge in [0.1, 0.15) is 5.82 Å². The molecule has 1 aliphatic rings. The second-order valence-corrected chi connectivity index (χ2v) is 5.28. The van der Waals surface area contributed by atoms with Crippen molar-refractivity contribution in [2.75, 3.05) is 23.7 Å². The molecule has 0 unspecified atom stereocenters. The van der Waals surface area contributed by atoms with Crippen LogP contribution in [-0.2, 0) is 0 Å². The van der Waals surface area contributed by atoms with Gasteiger partial charge in [-0.2, -0.15) is 4.98 Å². The van der Waals surface area contributed by atoms with Crippen molar-refractivity contribution in [2.45, 2.75) is 33.1 Å². The van der Waals surface area contributed by atoms with Crippen molar-refractivity contribution in [3.63, 3.8) is 0 Å². The molecule has 1 aromatic heterocycles. The Hall–Kier alpha value is -1.32. The quantitative estimate of drug-likeness (QED) is 0.787. The normalized spacial score (nSPS) is 20.5. The number of aromatic nitrogens is 2. The van der Waals surface area contributed by atoms with Crippen LogP contribution in [0.2, 0.25) is 0 Å². The minimum absolute atomic E-state index is 0.362. The molecule has 1 aliphatic heterocycles. The van der Waals surface area contributed by atoms with E-state index in [-0.39, 0.29) is 0 Å². The van der Waals surface area contributed by atoms with Crippen LogP contribution < -0.4 is 10.6 Å². The average molecular weight is 220 g/mol. The van der Waals surface area contributed by atoms with Crippen LogP contribution in [0.4, 0.5) is 11.8 Å². The van der Waals surface area contributed by atoms with Gasteiger partial charge in [0.15, 0.2) is 0 Å². The van der Waals surface area contributed by atoms with Crippen molar-refractivity contribution in [1.29, 1.82) is 0 Å². The predicted octanol–water partition coefficient (Wildman–Crippen LogP) is 2.08. The lowest BCUT2D eigenvalue weighted by Crippen LogP contribution is -2.26. The van der Waals surface area contributed by atoms with Crippen LogP contribution in [-0.4, -0.2) is 23.1 Å². The van der Waals surface area contributed by atoms with Crippen LogP contribution in [0.1, 0.15) is 33.1 Å². The van der Waals surface area contributed by atoms with Gasteiger partial charge in [0.25, 0.3) is 0 Å². The molecule has 0 bridgehead atoms. The molecule has 2 rings (SSSR count). The molecule has 0 saturated carbocycles. The lowest BCUT2D eigenvalue weighted by molar-refractivity contribution is 0.325. The van der Waals surface area contributed by atoms with E-state index in [1.54, 1.807) is 6.20 Å². The summed E-state index contributed by atoms with van der Waals surface area (Å²) < 4.78 is 0. The Kier molecular flexibility index (Phi) is 2.99. The lowest BCUT2D eigenvalue weighted by Gasteiger charge is -2.24. The van der Waals surface area contributed by atoms with E-state index in [9.17, 15) is 0 Å². The highest BCUT2D eigenvalue weighted by molar-refractivity contribution is 5.40. The van der Waals surface area contributed by atoms with Gasteiger partial charge in [-0.1, -0.05) is 13.8 Å². The van der Waals surface area contributed by atoms with E-state index in [1.165, 1.54) is 19.3 Å². The Morgan fingerprint density at radius 3 is 2.88 bits per heavy atom. The third-order valence-electron chi connectivity index (χ3n) is 3.32. The van der Waals surface area contributed by atoms with Crippen LogP contribution >= 0.6 is 0 Å². The lowest BCUT2D eigenvalue weighted by atomic mass is 9.85. The summed E-state index contributed by atoms with van der Waals surface area (Å²) in [6.45, 7) is 6.80. The molecule has 16 heavy (non-hydrogen) atoms. The summed E-state index contributed by atoms with van der Waals surface area (Å²) in [4.78, 5) is 10.5. The topological polar surface area (TPSA) is 55.0 Å². The molecule has 1 aromatic rings. The first-order chi connectivity index (χ1) is 7.57. The van der Waals surface area contributed by atoms with Crippen molar-refractivity contribution in [1.82, 2.24) is 9.97 Å². The zero-order chi connectivity index (χ0) is 11.6. The second kappa shape index (κ2) is 4.28. The van der Waals surface area contributed by atoms with Gasteiger partial charge in [-0.25, -0.2) is 4.98 Å². The van der Waals surface area contributed by atoms with Crippen molar-refractivity contribution >= 4 is 11.8 Å². The number of nitrogen functional groups attached to an aromatic ring is 1. The van der Waals surface area contributed by atoms with Gasteiger partial charge in [-0.05, 0) is 30.7 Å². The molecule has 2 heterocycles. The number of hydrogen-bond acceptors (Lipinski definition) is 4. The summed E-state index contributed by atoms with van der Waals surface area (Å²) in [5, 5.41) is 0. The summed E-state index contributed by atoms with van der Waals surface area (Å²) >= 11 is 0. The Morgan fingerprint density at radius 1 is 1.31 bits per heavy atom. The molecule has 4 heteroatoms. The van der Waals surface area contributed by atoms with Gasteiger partial charge >= 0.3 is 0 Å². The molecular weight excluding hydrogens is 200 g/mol. The first-order valence-corrected chi connectivity index (χ1v) is 5.90. The number of hydrogen-bond donors (Lipinski definition) is 1. The third-order valence-corrected chi connectivity index (χ3v) is 3.32. The maximum Gasteiger partial charge on any atom is 0.221 e. The Balaban J connectivity index is 2.11. The average Bonchev–Trinajstić information content (AvgIpc) is 2.39. The zero-order valence-electron chi connectivity index (χ0n) is 10.1. The van der Waals surface area contributed by atoms with Crippen molar-refractivity contribution in [3.8, 4) is 0 Å². The van der Waals surface area contributed by atoms with E-state index >= 15 is 0 Å². The van der Waals surface area contributed by atoms with Crippen molar-refractivity contribution < 1.29 is 0 Å². The molecule has 88 valence electrons. The van der Waals surface area contributed by atoms with Gasteiger partial charge in [0, 0.05) is 19.3 Å². The Labute approximate surface area is 96.9 Å². The van der Waals surface area contributed by atoms with E-state index in [1.807, 2.05) is 6.07 Å². The molecule has 4 nitrogen and oxygen atoms in total. The van der Waals surface area contributed by atoms with Crippen molar-refractivity contribution in [2.24, 2.45) is 5.41 Å². The van der Waals surface area contributed by atoms with E-state index in [0.29, 0.717) is 11.4 Å². The van der Waals surface area contributed by atoms with Crippen LogP contribution in [0.25, 0.3) is 0 Å². The minimum Gasteiger partial charge on any atom is -0.368 e. The SMILES string of the molecule is CC1(C)CCCN(c2ccnc(N)n2)CC1. The number of nitrogens with zero attached hydrogens (tertiary/aromatic N) is 3. The standard InChI is InChI=1S/C12H20N4/c1-12(2)5-3-8-16(9-6-12)10-4-7-14-11(13)15-10/h4,7H,3,5-6,8-9H2,1-2H3,(H2,13,14,15). The third kappa shape index (κ3) is 2.62. The Bertz CT molecular complexity index is 362.